The molecule has 0 aliphatic carbocycles. The normalized spacial score (nSPS) is 15.1. The minimum absolute atomic E-state index is 0.0193. The Morgan fingerprint density at radius 1 is 1.00 bits per heavy atom. The first-order chi connectivity index (χ1) is 13.2. The number of benzene rings is 2. The second kappa shape index (κ2) is 8.21. The number of piperazine rings is 1. The molecule has 0 unspecified atom stereocenters. The standard InChI is InChI=1S/C21H20ClN3OS/c22-18-8-6-17(7-9-18)20-23-19(15-27-20)21(26)25-12-10-24(11-13-25)14-16-4-2-1-3-5-16/h1-9,15H,10-14H2. The van der Waals surface area contributed by atoms with Crippen LogP contribution in [0.1, 0.15) is 16.1 Å². The average Bonchev–Trinajstić information content (AvgIpc) is 3.20. The van der Waals surface area contributed by atoms with E-state index in [4.69, 9.17) is 11.6 Å². The van der Waals surface area contributed by atoms with E-state index in [9.17, 15) is 4.79 Å². The topological polar surface area (TPSA) is 36.4 Å². The lowest BCUT2D eigenvalue weighted by Crippen LogP contribution is -2.48. The van der Waals surface area contributed by atoms with Gasteiger partial charge >= 0.3 is 0 Å². The van der Waals surface area contributed by atoms with Crippen LogP contribution in [0.3, 0.4) is 0 Å². The Kier molecular flexibility index (Phi) is 5.53. The number of thiazole rings is 1. The predicted octanol–water partition coefficient (Wildman–Crippen LogP) is 4.42. The molecule has 6 heteroatoms. The zero-order valence-corrected chi connectivity index (χ0v) is 16.4. The van der Waals surface area contributed by atoms with Crippen LogP contribution in [0, 0.1) is 0 Å². The number of hydrogen-bond acceptors (Lipinski definition) is 4. The number of carbonyl (C=O) groups is 1. The van der Waals surface area contributed by atoms with E-state index in [-0.39, 0.29) is 5.91 Å². The fourth-order valence-corrected chi connectivity index (χ4v) is 4.14. The quantitative estimate of drug-likeness (QED) is 0.653. The van der Waals surface area contributed by atoms with Crippen molar-refractivity contribution in [1.82, 2.24) is 14.8 Å². The van der Waals surface area contributed by atoms with Crippen LogP contribution in [0.15, 0.2) is 60.0 Å². The van der Waals surface area contributed by atoms with Gasteiger partial charge in [-0.1, -0.05) is 54.1 Å². The molecule has 4 rings (SSSR count). The molecule has 1 aromatic heterocycles. The van der Waals surface area contributed by atoms with Gasteiger partial charge in [0.15, 0.2) is 0 Å². The molecule has 1 aliphatic rings. The van der Waals surface area contributed by atoms with Crippen LogP contribution >= 0.6 is 22.9 Å². The van der Waals surface area contributed by atoms with Crippen LogP contribution in [0.4, 0.5) is 0 Å². The van der Waals surface area contributed by atoms with Crippen molar-refractivity contribution in [3.05, 3.63) is 76.3 Å². The molecule has 1 amide bonds. The molecule has 1 fully saturated rings. The summed E-state index contributed by atoms with van der Waals surface area (Å²) in [4.78, 5) is 21.6. The van der Waals surface area contributed by atoms with Gasteiger partial charge in [-0.15, -0.1) is 11.3 Å². The Morgan fingerprint density at radius 3 is 2.41 bits per heavy atom. The van der Waals surface area contributed by atoms with Gasteiger partial charge in [-0.3, -0.25) is 9.69 Å². The molecule has 0 spiro atoms. The molecule has 27 heavy (non-hydrogen) atoms. The van der Waals surface area contributed by atoms with Crippen molar-refractivity contribution in [2.45, 2.75) is 6.54 Å². The summed E-state index contributed by atoms with van der Waals surface area (Å²) in [6, 6.07) is 18.0. The van der Waals surface area contributed by atoms with Gasteiger partial charge in [-0.2, -0.15) is 0 Å². The van der Waals surface area contributed by atoms with Gasteiger partial charge in [-0.05, 0) is 17.7 Å². The van der Waals surface area contributed by atoms with Gasteiger partial charge in [0.1, 0.15) is 10.7 Å². The highest BCUT2D eigenvalue weighted by atomic mass is 35.5. The van der Waals surface area contributed by atoms with Crippen LogP contribution in [-0.2, 0) is 6.54 Å². The summed E-state index contributed by atoms with van der Waals surface area (Å²) in [6.45, 7) is 4.17. The molecule has 4 nitrogen and oxygen atoms in total. The fourth-order valence-electron chi connectivity index (χ4n) is 3.21. The number of nitrogens with zero attached hydrogens (tertiary/aromatic N) is 3. The Labute approximate surface area is 168 Å². The third-order valence-corrected chi connectivity index (χ3v) is 5.87. The van der Waals surface area contributed by atoms with Crippen molar-refractivity contribution in [3.63, 3.8) is 0 Å². The Hall–Kier alpha value is -2.21. The van der Waals surface area contributed by atoms with Gasteiger partial charge in [0.05, 0.1) is 0 Å². The third kappa shape index (κ3) is 4.38. The van der Waals surface area contributed by atoms with Gasteiger partial charge in [0.2, 0.25) is 0 Å². The summed E-state index contributed by atoms with van der Waals surface area (Å²) >= 11 is 7.43. The summed E-state index contributed by atoms with van der Waals surface area (Å²) < 4.78 is 0. The van der Waals surface area contributed by atoms with Gasteiger partial charge in [0.25, 0.3) is 5.91 Å². The SMILES string of the molecule is O=C(c1csc(-c2ccc(Cl)cc2)n1)N1CCN(Cc2ccccc2)CC1. The highest BCUT2D eigenvalue weighted by Gasteiger charge is 2.24. The largest absolute Gasteiger partial charge is 0.335 e. The number of hydrogen-bond donors (Lipinski definition) is 0. The van der Waals surface area contributed by atoms with E-state index < -0.39 is 0 Å². The van der Waals surface area contributed by atoms with Crippen molar-refractivity contribution in [1.29, 1.82) is 0 Å². The van der Waals surface area contributed by atoms with E-state index in [1.165, 1.54) is 16.9 Å². The second-order valence-corrected chi connectivity index (χ2v) is 7.89. The fraction of sp³-hybridized carbons (Fsp3) is 0.238. The lowest BCUT2D eigenvalue weighted by molar-refractivity contribution is 0.0623. The zero-order chi connectivity index (χ0) is 18.6. The molecule has 1 saturated heterocycles. The Balaban J connectivity index is 1.36. The van der Waals surface area contributed by atoms with E-state index in [2.05, 4.69) is 34.1 Å². The van der Waals surface area contributed by atoms with E-state index in [1.807, 2.05) is 40.6 Å². The molecule has 2 aromatic carbocycles. The zero-order valence-electron chi connectivity index (χ0n) is 14.8. The maximum Gasteiger partial charge on any atom is 0.273 e. The predicted molar refractivity (Wildman–Crippen MR) is 110 cm³/mol. The molecule has 2 heterocycles. The molecule has 0 saturated carbocycles. The first-order valence-electron chi connectivity index (χ1n) is 8.96. The number of carbonyl (C=O) groups excluding carboxylic acids is 1. The van der Waals surface area contributed by atoms with Gasteiger partial charge in [-0.25, -0.2) is 4.98 Å². The number of aromatic nitrogens is 1. The van der Waals surface area contributed by atoms with E-state index >= 15 is 0 Å². The number of halogens is 1. The number of amides is 1. The maximum absolute atomic E-state index is 12.8. The lowest BCUT2D eigenvalue weighted by atomic mass is 10.2. The monoisotopic (exact) mass is 397 g/mol. The van der Waals surface area contributed by atoms with Crippen LogP contribution in [0.5, 0.6) is 0 Å². The van der Waals surface area contributed by atoms with Crippen molar-refractivity contribution < 1.29 is 4.79 Å². The Morgan fingerprint density at radius 2 is 1.70 bits per heavy atom. The highest BCUT2D eigenvalue weighted by Crippen LogP contribution is 2.25. The van der Waals surface area contributed by atoms with E-state index in [0.29, 0.717) is 10.7 Å². The van der Waals surface area contributed by atoms with Crippen molar-refractivity contribution >= 4 is 28.8 Å². The van der Waals surface area contributed by atoms with Crippen LogP contribution in [-0.4, -0.2) is 46.9 Å². The van der Waals surface area contributed by atoms with Gasteiger partial charge < -0.3 is 4.90 Å². The van der Waals surface area contributed by atoms with Crippen LogP contribution in [0.25, 0.3) is 10.6 Å². The molecule has 138 valence electrons. The molecule has 3 aromatic rings. The van der Waals surface area contributed by atoms with Crippen molar-refractivity contribution in [2.75, 3.05) is 26.2 Å². The molecular formula is C21H20ClN3OS. The highest BCUT2D eigenvalue weighted by molar-refractivity contribution is 7.13. The molecule has 1 aliphatic heterocycles. The first kappa shape index (κ1) is 18.2. The first-order valence-corrected chi connectivity index (χ1v) is 10.2. The summed E-state index contributed by atoms with van der Waals surface area (Å²) in [5.41, 5.74) is 2.82. The minimum Gasteiger partial charge on any atom is -0.335 e. The lowest BCUT2D eigenvalue weighted by Gasteiger charge is -2.34. The molecule has 0 N–H and O–H groups in total. The van der Waals surface area contributed by atoms with E-state index in [1.54, 1.807) is 0 Å². The third-order valence-electron chi connectivity index (χ3n) is 4.72. The summed E-state index contributed by atoms with van der Waals surface area (Å²) in [7, 11) is 0. The molecule has 0 bridgehead atoms. The Bertz CT molecular complexity index is 903. The summed E-state index contributed by atoms with van der Waals surface area (Å²) in [5.74, 6) is 0.0193. The van der Waals surface area contributed by atoms with E-state index in [0.717, 1.165) is 43.3 Å². The van der Waals surface area contributed by atoms with Crippen molar-refractivity contribution in [3.8, 4) is 10.6 Å². The van der Waals surface area contributed by atoms with Crippen LogP contribution in [0.2, 0.25) is 5.02 Å². The van der Waals surface area contributed by atoms with Gasteiger partial charge in [0, 0.05) is 48.7 Å². The maximum atomic E-state index is 12.8. The smallest absolute Gasteiger partial charge is 0.273 e. The summed E-state index contributed by atoms with van der Waals surface area (Å²) in [6.07, 6.45) is 0. The van der Waals surface area contributed by atoms with Crippen LogP contribution < -0.4 is 0 Å². The molecular weight excluding hydrogens is 378 g/mol. The average molecular weight is 398 g/mol. The molecule has 0 radical (unpaired) electrons. The summed E-state index contributed by atoms with van der Waals surface area (Å²) in [5, 5.41) is 3.39. The van der Waals surface area contributed by atoms with Crippen molar-refractivity contribution in [2.24, 2.45) is 0 Å². The second-order valence-electron chi connectivity index (χ2n) is 6.60. The molecule has 0 atom stereocenters. The number of rotatable bonds is 4. The minimum atomic E-state index is 0.0193.